The van der Waals surface area contributed by atoms with Crippen LogP contribution in [0, 0.1) is 0 Å². The largest absolute Gasteiger partial charge is 0.573 e. The van der Waals surface area contributed by atoms with Crippen LogP contribution < -0.4 is 19.5 Å². The molecule has 0 heterocycles. The molecular formula is C19H18F3NO4. The van der Waals surface area contributed by atoms with Crippen LogP contribution >= 0.6 is 0 Å². The summed E-state index contributed by atoms with van der Waals surface area (Å²) in [6.07, 6.45) is -2.83. The summed E-state index contributed by atoms with van der Waals surface area (Å²) >= 11 is 0. The number of allylic oxidation sites excluding steroid dienone is 1. The van der Waals surface area contributed by atoms with Crippen LogP contribution in [0.25, 0.3) is 0 Å². The average molecular weight is 381 g/mol. The van der Waals surface area contributed by atoms with Gasteiger partial charge in [-0.3, -0.25) is 4.79 Å². The molecule has 2 rings (SSSR count). The van der Waals surface area contributed by atoms with Gasteiger partial charge in [0.15, 0.2) is 17.2 Å². The fourth-order valence-corrected chi connectivity index (χ4v) is 2.46. The molecule has 0 aliphatic carbocycles. The lowest BCUT2D eigenvalue weighted by molar-refractivity contribution is -0.274. The van der Waals surface area contributed by atoms with Gasteiger partial charge in [-0.25, -0.2) is 0 Å². The first kappa shape index (κ1) is 20.2. The van der Waals surface area contributed by atoms with E-state index in [1.807, 2.05) is 0 Å². The number of hydrogen-bond acceptors (Lipinski definition) is 4. The Hall–Kier alpha value is -3.16. The Morgan fingerprint density at radius 3 is 2.44 bits per heavy atom. The number of ether oxygens (including phenoxy) is 3. The predicted octanol–water partition coefficient (Wildman–Crippen LogP) is 4.58. The van der Waals surface area contributed by atoms with Crippen LogP contribution in [0.5, 0.6) is 17.2 Å². The first-order valence-corrected chi connectivity index (χ1v) is 7.81. The third-order valence-corrected chi connectivity index (χ3v) is 3.54. The highest BCUT2D eigenvalue weighted by molar-refractivity contribution is 6.05. The lowest BCUT2D eigenvalue weighted by Gasteiger charge is -2.16. The van der Waals surface area contributed by atoms with Gasteiger partial charge in [0, 0.05) is 11.1 Å². The quantitative estimate of drug-likeness (QED) is 0.713. The summed E-state index contributed by atoms with van der Waals surface area (Å²) in [5, 5.41) is 2.42. The highest BCUT2D eigenvalue weighted by atomic mass is 19.4. The lowest BCUT2D eigenvalue weighted by atomic mass is 10.0. The molecule has 0 aliphatic rings. The van der Waals surface area contributed by atoms with Gasteiger partial charge in [-0.2, -0.15) is 0 Å². The van der Waals surface area contributed by atoms with E-state index in [1.54, 1.807) is 12.1 Å². The van der Waals surface area contributed by atoms with E-state index in [9.17, 15) is 18.0 Å². The van der Waals surface area contributed by atoms with Gasteiger partial charge < -0.3 is 19.5 Å². The van der Waals surface area contributed by atoms with E-state index in [1.165, 1.54) is 38.5 Å². The smallest absolute Gasteiger partial charge is 0.493 e. The summed E-state index contributed by atoms with van der Waals surface area (Å²) < 4.78 is 52.1. The molecule has 5 nitrogen and oxygen atoms in total. The first-order valence-electron chi connectivity index (χ1n) is 7.81. The molecule has 0 bridgehead atoms. The number of halogens is 3. The zero-order valence-electron chi connectivity index (χ0n) is 14.7. The average Bonchev–Trinajstić information content (AvgIpc) is 2.61. The Labute approximate surface area is 154 Å². The normalized spacial score (nSPS) is 10.9. The minimum absolute atomic E-state index is 0.111. The van der Waals surface area contributed by atoms with Gasteiger partial charge in [-0.15, -0.1) is 19.8 Å². The maximum absolute atomic E-state index is 12.6. The van der Waals surface area contributed by atoms with Crippen molar-refractivity contribution in [2.45, 2.75) is 12.8 Å². The van der Waals surface area contributed by atoms with Crippen LogP contribution in [0.2, 0.25) is 0 Å². The Morgan fingerprint density at radius 2 is 1.85 bits per heavy atom. The second-order valence-corrected chi connectivity index (χ2v) is 5.36. The van der Waals surface area contributed by atoms with Crippen molar-refractivity contribution in [1.82, 2.24) is 0 Å². The van der Waals surface area contributed by atoms with Gasteiger partial charge in [-0.05, 0) is 30.7 Å². The topological polar surface area (TPSA) is 56.8 Å². The minimum Gasteiger partial charge on any atom is -0.493 e. The van der Waals surface area contributed by atoms with Crippen LogP contribution in [-0.4, -0.2) is 26.5 Å². The lowest BCUT2D eigenvalue weighted by Crippen LogP contribution is -2.19. The summed E-state index contributed by atoms with van der Waals surface area (Å²) in [6.45, 7) is 3.65. The molecule has 0 aliphatic heterocycles. The maximum atomic E-state index is 12.6. The van der Waals surface area contributed by atoms with Crippen LogP contribution in [0.4, 0.5) is 18.9 Å². The monoisotopic (exact) mass is 381 g/mol. The highest BCUT2D eigenvalue weighted by Crippen LogP contribution is 2.34. The molecule has 2 aromatic rings. The van der Waals surface area contributed by atoms with Crippen LogP contribution in [0.3, 0.4) is 0 Å². The van der Waals surface area contributed by atoms with Crippen molar-refractivity contribution in [3.63, 3.8) is 0 Å². The SMILES string of the molecule is C=CCc1cc(C(=O)Nc2ccccc2OC(F)(F)F)cc(OC)c1OC. The number of carbonyl (C=O) groups is 1. The number of carbonyl (C=O) groups excluding carboxylic acids is 1. The van der Waals surface area contributed by atoms with E-state index in [0.29, 0.717) is 23.5 Å². The summed E-state index contributed by atoms with van der Waals surface area (Å²) in [5.41, 5.74) is 0.725. The number of hydrogen-bond donors (Lipinski definition) is 1. The second kappa shape index (κ2) is 8.48. The van der Waals surface area contributed by atoms with Crippen LogP contribution in [0.15, 0.2) is 49.1 Å². The van der Waals surface area contributed by atoms with E-state index in [-0.39, 0.29) is 11.3 Å². The standard InChI is InChI=1S/C19H18F3NO4/c1-4-7-12-10-13(11-16(25-2)17(12)26-3)18(24)23-14-8-5-6-9-15(14)27-19(20,21)22/h4-6,8-11H,1,7H2,2-3H3,(H,23,24). The molecule has 0 spiro atoms. The molecule has 0 aromatic heterocycles. The molecule has 0 unspecified atom stereocenters. The molecular weight excluding hydrogens is 363 g/mol. The van der Waals surface area contributed by atoms with E-state index >= 15 is 0 Å². The van der Waals surface area contributed by atoms with E-state index in [2.05, 4.69) is 16.6 Å². The van der Waals surface area contributed by atoms with Gasteiger partial charge >= 0.3 is 6.36 Å². The van der Waals surface area contributed by atoms with Crippen LogP contribution in [0.1, 0.15) is 15.9 Å². The Kier molecular flexibility index (Phi) is 6.33. The summed E-state index contributed by atoms with van der Waals surface area (Å²) in [7, 11) is 2.89. The van der Waals surface area contributed by atoms with E-state index in [4.69, 9.17) is 9.47 Å². The molecule has 0 saturated heterocycles. The number of rotatable bonds is 7. The van der Waals surface area contributed by atoms with Gasteiger partial charge in [0.1, 0.15) is 0 Å². The Morgan fingerprint density at radius 1 is 1.15 bits per heavy atom. The van der Waals surface area contributed by atoms with E-state index in [0.717, 1.165) is 6.07 Å². The summed E-state index contributed by atoms with van der Waals surface area (Å²) in [4.78, 5) is 12.6. The van der Waals surface area contributed by atoms with Gasteiger partial charge in [0.25, 0.3) is 5.91 Å². The fraction of sp³-hybridized carbons (Fsp3) is 0.211. The summed E-state index contributed by atoms with van der Waals surface area (Å²) in [5.74, 6) is -0.360. The molecule has 2 aromatic carbocycles. The third kappa shape index (κ3) is 5.16. The molecule has 0 atom stereocenters. The van der Waals surface area contributed by atoms with Crippen molar-refractivity contribution in [1.29, 1.82) is 0 Å². The molecule has 0 fully saturated rings. The predicted molar refractivity (Wildman–Crippen MR) is 94.5 cm³/mol. The second-order valence-electron chi connectivity index (χ2n) is 5.36. The molecule has 1 N–H and O–H groups in total. The third-order valence-electron chi connectivity index (χ3n) is 3.54. The molecule has 0 radical (unpaired) electrons. The van der Waals surface area contributed by atoms with Crippen LogP contribution in [-0.2, 0) is 6.42 Å². The van der Waals surface area contributed by atoms with Crippen molar-refractivity contribution >= 4 is 11.6 Å². The number of para-hydroxylation sites is 2. The van der Waals surface area contributed by atoms with Crippen molar-refractivity contribution < 1.29 is 32.2 Å². The van der Waals surface area contributed by atoms with Gasteiger partial charge in [-0.1, -0.05) is 18.2 Å². The molecule has 8 heteroatoms. The van der Waals surface area contributed by atoms with Crippen molar-refractivity contribution in [2.75, 3.05) is 19.5 Å². The van der Waals surface area contributed by atoms with Gasteiger partial charge in [0.05, 0.1) is 19.9 Å². The van der Waals surface area contributed by atoms with Crippen molar-refractivity contribution in [3.8, 4) is 17.2 Å². The number of amides is 1. The van der Waals surface area contributed by atoms with Crippen molar-refractivity contribution in [3.05, 3.63) is 60.2 Å². The number of benzene rings is 2. The summed E-state index contributed by atoms with van der Waals surface area (Å²) in [6, 6.07) is 8.27. The number of nitrogens with one attached hydrogen (secondary N) is 1. The first-order chi connectivity index (χ1) is 12.8. The number of methoxy groups -OCH3 is 2. The molecule has 27 heavy (non-hydrogen) atoms. The van der Waals surface area contributed by atoms with E-state index < -0.39 is 18.0 Å². The number of anilines is 1. The molecule has 0 saturated carbocycles. The molecule has 144 valence electrons. The van der Waals surface area contributed by atoms with Gasteiger partial charge in [0.2, 0.25) is 0 Å². The fourth-order valence-electron chi connectivity index (χ4n) is 2.46. The maximum Gasteiger partial charge on any atom is 0.573 e. The minimum atomic E-state index is -4.87. The zero-order valence-corrected chi connectivity index (χ0v) is 14.7. The molecule has 1 amide bonds. The highest BCUT2D eigenvalue weighted by Gasteiger charge is 2.32. The van der Waals surface area contributed by atoms with Crippen molar-refractivity contribution in [2.24, 2.45) is 0 Å². The Balaban J connectivity index is 2.36. The zero-order chi connectivity index (χ0) is 20.0. The Bertz CT molecular complexity index is 834. The number of alkyl halides is 3.